The van der Waals surface area contributed by atoms with Gasteiger partial charge in [0.1, 0.15) is 0 Å². The van der Waals surface area contributed by atoms with Crippen molar-refractivity contribution in [1.82, 2.24) is 4.90 Å². The minimum Gasteiger partial charge on any atom is -0.481 e. The Morgan fingerprint density at radius 3 is 2.89 bits per heavy atom. The zero-order valence-electron chi connectivity index (χ0n) is 11.2. The fourth-order valence-electron chi connectivity index (χ4n) is 2.63. The Labute approximate surface area is 114 Å². The van der Waals surface area contributed by atoms with E-state index in [9.17, 15) is 4.79 Å². The lowest BCUT2D eigenvalue weighted by Crippen LogP contribution is -2.36. The van der Waals surface area contributed by atoms with E-state index >= 15 is 0 Å². The highest BCUT2D eigenvalue weighted by Gasteiger charge is 2.20. The summed E-state index contributed by atoms with van der Waals surface area (Å²) in [6.45, 7) is 2.89. The molecule has 0 bridgehead atoms. The Hall–Kier alpha value is -1.61. The predicted molar refractivity (Wildman–Crippen MR) is 76.9 cm³/mol. The molecule has 0 spiro atoms. The van der Waals surface area contributed by atoms with Gasteiger partial charge in [-0.1, -0.05) is 42.5 Å². The van der Waals surface area contributed by atoms with Gasteiger partial charge in [0.2, 0.25) is 0 Å². The number of piperidine rings is 1. The van der Waals surface area contributed by atoms with E-state index < -0.39 is 5.97 Å². The Balaban J connectivity index is 1.79. The first-order valence-electron chi connectivity index (χ1n) is 6.90. The maximum Gasteiger partial charge on any atom is 0.303 e. The maximum atomic E-state index is 10.7. The number of rotatable bonds is 5. The third-order valence-corrected chi connectivity index (χ3v) is 3.54. The number of nitrogens with zero attached hydrogens (tertiary/aromatic N) is 1. The third-order valence-electron chi connectivity index (χ3n) is 3.54. The van der Waals surface area contributed by atoms with Crippen molar-refractivity contribution in [2.24, 2.45) is 5.92 Å². The lowest BCUT2D eigenvalue weighted by atomic mass is 9.95. The summed E-state index contributed by atoms with van der Waals surface area (Å²) in [4.78, 5) is 13.1. The van der Waals surface area contributed by atoms with E-state index in [0.717, 1.165) is 32.5 Å². The average Bonchev–Trinajstić information content (AvgIpc) is 2.40. The highest BCUT2D eigenvalue weighted by Crippen LogP contribution is 2.19. The minimum absolute atomic E-state index is 0.304. The molecule has 1 aliphatic rings. The number of carboxylic acids is 1. The van der Waals surface area contributed by atoms with Crippen LogP contribution in [0.3, 0.4) is 0 Å². The van der Waals surface area contributed by atoms with E-state index in [1.165, 1.54) is 5.56 Å². The normalized spacial score (nSPS) is 20.7. The molecule has 2 rings (SSSR count). The molecule has 1 atom stereocenters. The van der Waals surface area contributed by atoms with E-state index in [1.807, 2.05) is 18.2 Å². The first-order chi connectivity index (χ1) is 9.24. The Bertz CT molecular complexity index is 428. The molecule has 0 saturated carbocycles. The van der Waals surface area contributed by atoms with Crippen LogP contribution in [0, 0.1) is 5.92 Å². The smallest absolute Gasteiger partial charge is 0.303 e. The predicted octanol–water partition coefficient (Wildman–Crippen LogP) is 2.89. The van der Waals surface area contributed by atoms with Crippen molar-refractivity contribution in [2.75, 3.05) is 19.6 Å². The third kappa shape index (κ3) is 4.87. The van der Waals surface area contributed by atoms with Crippen LogP contribution >= 0.6 is 0 Å². The van der Waals surface area contributed by atoms with Crippen LogP contribution in [-0.2, 0) is 4.79 Å². The van der Waals surface area contributed by atoms with Crippen molar-refractivity contribution in [3.05, 3.63) is 42.0 Å². The highest BCUT2D eigenvalue weighted by atomic mass is 16.4. The van der Waals surface area contributed by atoms with Gasteiger partial charge in [-0.3, -0.25) is 9.69 Å². The Kier molecular flexibility index (Phi) is 5.16. The highest BCUT2D eigenvalue weighted by molar-refractivity contribution is 5.67. The van der Waals surface area contributed by atoms with Gasteiger partial charge in [-0.25, -0.2) is 0 Å². The molecular formula is C16H21NO2. The van der Waals surface area contributed by atoms with Crippen LogP contribution in [0.5, 0.6) is 0 Å². The van der Waals surface area contributed by atoms with Gasteiger partial charge >= 0.3 is 5.97 Å². The molecule has 1 aromatic rings. The molecule has 1 aromatic carbocycles. The molecule has 1 unspecified atom stereocenters. The summed E-state index contributed by atoms with van der Waals surface area (Å²) in [5.41, 5.74) is 1.21. The monoisotopic (exact) mass is 259 g/mol. The second-order valence-electron chi connectivity index (χ2n) is 5.18. The van der Waals surface area contributed by atoms with E-state index in [4.69, 9.17) is 5.11 Å². The molecular weight excluding hydrogens is 238 g/mol. The Morgan fingerprint density at radius 1 is 1.37 bits per heavy atom. The molecule has 1 fully saturated rings. The van der Waals surface area contributed by atoms with Crippen molar-refractivity contribution in [3.63, 3.8) is 0 Å². The molecule has 3 heteroatoms. The van der Waals surface area contributed by atoms with Crippen molar-refractivity contribution in [1.29, 1.82) is 0 Å². The zero-order valence-corrected chi connectivity index (χ0v) is 11.2. The zero-order chi connectivity index (χ0) is 13.5. The van der Waals surface area contributed by atoms with Gasteiger partial charge in [-0.15, -0.1) is 0 Å². The second kappa shape index (κ2) is 7.10. The second-order valence-corrected chi connectivity index (χ2v) is 5.18. The van der Waals surface area contributed by atoms with Gasteiger partial charge < -0.3 is 5.11 Å². The van der Waals surface area contributed by atoms with Gasteiger partial charge in [-0.05, 0) is 30.9 Å². The largest absolute Gasteiger partial charge is 0.481 e. The van der Waals surface area contributed by atoms with E-state index in [1.54, 1.807) is 0 Å². The van der Waals surface area contributed by atoms with Gasteiger partial charge in [0.05, 0.1) is 0 Å². The van der Waals surface area contributed by atoms with Crippen molar-refractivity contribution >= 4 is 12.0 Å². The van der Waals surface area contributed by atoms with Crippen LogP contribution in [-0.4, -0.2) is 35.6 Å². The molecule has 1 saturated heterocycles. The van der Waals surface area contributed by atoms with Gasteiger partial charge in [0.15, 0.2) is 0 Å². The maximum absolute atomic E-state index is 10.7. The summed E-state index contributed by atoms with van der Waals surface area (Å²) < 4.78 is 0. The first-order valence-corrected chi connectivity index (χ1v) is 6.90. The molecule has 3 nitrogen and oxygen atoms in total. The van der Waals surface area contributed by atoms with Crippen molar-refractivity contribution in [2.45, 2.75) is 19.3 Å². The first kappa shape index (κ1) is 13.8. The van der Waals surface area contributed by atoms with Gasteiger partial charge in [0, 0.05) is 19.5 Å². The number of carboxylic acid groups (broad SMARTS) is 1. The lowest BCUT2D eigenvalue weighted by Gasteiger charge is -2.31. The number of likely N-dealkylation sites (tertiary alicyclic amines) is 1. The summed E-state index contributed by atoms with van der Waals surface area (Å²) in [6.07, 6.45) is 6.75. The molecule has 1 heterocycles. The fourth-order valence-corrected chi connectivity index (χ4v) is 2.63. The van der Waals surface area contributed by atoms with Crippen LogP contribution in [0.15, 0.2) is 36.4 Å². The van der Waals surface area contributed by atoms with Crippen molar-refractivity contribution < 1.29 is 9.90 Å². The molecule has 1 N–H and O–H groups in total. The van der Waals surface area contributed by atoms with Crippen LogP contribution in [0.25, 0.3) is 6.08 Å². The summed E-state index contributed by atoms with van der Waals surface area (Å²) in [6, 6.07) is 10.2. The van der Waals surface area contributed by atoms with Crippen LogP contribution in [0.2, 0.25) is 0 Å². The number of carbonyl (C=O) groups is 1. The average molecular weight is 259 g/mol. The molecule has 102 valence electrons. The molecule has 0 aliphatic carbocycles. The molecule has 0 radical (unpaired) electrons. The molecule has 19 heavy (non-hydrogen) atoms. The summed E-state index contributed by atoms with van der Waals surface area (Å²) in [7, 11) is 0. The SMILES string of the molecule is O=C(O)CC1CCCN(C/C=C/c2ccccc2)C1. The quantitative estimate of drug-likeness (QED) is 0.884. The van der Waals surface area contributed by atoms with E-state index in [0.29, 0.717) is 12.3 Å². The number of hydrogen-bond donors (Lipinski definition) is 1. The molecule has 1 aliphatic heterocycles. The van der Waals surface area contributed by atoms with Gasteiger partial charge in [0.25, 0.3) is 0 Å². The number of aliphatic carboxylic acids is 1. The van der Waals surface area contributed by atoms with Crippen molar-refractivity contribution in [3.8, 4) is 0 Å². The van der Waals surface area contributed by atoms with Crippen LogP contribution in [0.4, 0.5) is 0 Å². The minimum atomic E-state index is -0.674. The topological polar surface area (TPSA) is 40.5 Å². The van der Waals surface area contributed by atoms with E-state index in [-0.39, 0.29) is 0 Å². The lowest BCUT2D eigenvalue weighted by molar-refractivity contribution is -0.138. The van der Waals surface area contributed by atoms with E-state index in [2.05, 4.69) is 29.2 Å². The standard InChI is InChI=1S/C16H21NO2/c18-16(19)12-15-9-5-11-17(13-15)10-4-8-14-6-2-1-3-7-14/h1-4,6-8,15H,5,9-13H2,(H,18,19)/b8-4+. The van der Waals surface area contributed by atoms with Crippen LogP contribution in [0.1, 0.15) is 24.8 Å². The number of benzene rings is 1. The fraction of sp³-hybridized carbons (Fsp3) is 0.438. The van der Waals surface area contributed by atoms with Crippen LogP contribution < -0.4 is 0 Å². The van der Waals surface area contributed by atoms with Gasteiger partial charge in [-0.2, -0.15) is 0 Å². The number of hydrogen-bond acceptors (Lipinski definition) is 2. The summed E-state index contributed by atoms with van der Waals surface area (Å²) in [5, 5.41) is 8.84. The molecule has 0 aromatic heterocycles. The summed E-state index contributed by atoms with van der Waals surface area (Å²) in [5.74, 6) is -0.358. The summed E-state index contributed by atoms with van der Waals surface area (Å²) >= 11 is 0. The molecule has 0 amide bonds. The Morgan fingerprint density at radius 2 is 2.16 bits per heavy atom.